The molecule has 1 aromatic heterocycles. The van der Waals surface area contributed by atoms with Crippen molar-refractivity contribution in [2.45, 2.75) is 19.0 Å². The van der Waals surface area contributed by atoms with Crippen molar-refractivity contribution in [2.75, 3.05) is 22.6 Å². The Balaban J connectivity index is 1.54. The molecule has 2 aromatic carbocycles. The molecule has 8 heteroatoms. The van der Waals surface area contributed by atoms with Crippen LogP contribution in [0.4, 0.5) is 17.1 Å². The highest BCUT2D eigenvalue weighted by Gasteiger charge is 2.34. The van der Waals surface area contributed by atoms with Gasteiger partial charge in [-0.25, -0.2) is 4.98 Å². The zero-order valence-corrected chi connectivity index (χ0v) is 16.6. The fourth-order valence-corrected chi connectivity index (χ4v) is 3.86. The third kappa shape index (κ3) is 4.22. The number of rotatable bonds is 6. The zero-order chi connectivity index (χ0) is 20.2. The van der Waals surface area contributed by atoms with E-state index >= 15 is 0 Å². The van der Waals surface area contributed by atoms with Crippen molar-refractivity contribution in [2.24, 2.45) is 0 Å². The molecule has 0 unspecified atom stereocenters. The fourth-order valence-electron chi connectivity index (χ4n) is 3.31. The van der Waals surface area contributed by atoms with Crippen LogP contribution in [0.2, 0.25) is 0 Å². The number of hydrogen-bond donors (Lipinski definition) is 2. The highest BCUT2D eigenvalue weighted by molar-refractivity contribution is 7.07. The lowest BCUT2D eigenvalue weighted by atomic mass is 10.0. The number of methoxy groups -OCH3 is 1. The topological polar surface area (TPSA) is 83.6 Å². The first-order chi connectivity index (χ1) is 14.1. The molecule has 4 rings (SSSR count). The van der Waals surface area contributed by atoms with Crippen molar-refractivity contribution >= 4 is 40.2 Å². The van der Waals surface area contributed by atoms with Crippen molar-refractivity contribution < 1.29 is 14.3 Å². The summed E-state index contributed by atoms with van der Waals surface area (Å²) < 4.78 is 5.13. The Morgan fingerprint density at radius 2 is 2.03 bits per heavy atom. The number of aromatic nitrogens is 1. The largest absolute Gasteiger partial charge is 0.497 e. The molecule has 29 heavy (non-hydrogen) atoms. The second-order valence-corrected chi connectivity index (χ2v) is 7.33. The average Bonchev–Trinajstić information content (AvgIpc) is 3.24. The second kappa shape index (κ2) is 8.32. The second-order valence-electron chi connectivity index (χ2n) is 6.61. The molecule has 0 aliphatic carbocycles. The van der Waals surface area contributed by atoms with E-state index in [9.17, 15) is 9.59 Å². The third-order valence-electron chi connectivity index (χ3n) is 4.72. The van der Waals surface area contributed by atoms with Crippen LogP contribution in [0.15, 0.2) is 59.4 Å². The monoisotopic (exact) mass is 408 g/mol. The highest BCUT2D eigenvalue weighted by atomic mass is 32.1. The maximum absolute atomic E-state index is 12.8. The molecule has 0 radical (unpaired) electrons. The predicted molar refractivity (Wildman–Crippen MR) is 113 cm³/mol. The summed E-state index contributed by atoms with van der Waals surface area (Å²) in [7, 11) is 1.59. The van der Waals surface area contributed by atoms with Gasteiger partial charge in [-0.2, -0.15) is 0 Å². The molecule has 2 amide bonds. The number of hydrogen-bond acceptors (Lipinski definition) is 6. The van der Waals surface area contributed by atoms with E-state index in [0.717, 1.165) is 17.1 Å². The lowest BCUT2D eigenvalue weighted by Gasteiger charge is -2.37. The number of carbonyl (C=O) groups excluding carboxylic acids is 2. The van der Waals surface area contributed by atoms with E-state index in [2.05, 4.69) is 15.6 Å². The summed E-state index contributed by atoms with van der Waals surface area (Å²) in [4.78, 5) is 31.8. The van der Waals surface area contributed by atoms with E-state index in [1.165, 1.54) is 11.3 Å². The van der Waals surface area contributed by atoms with Crippen LogP contribution in [-0.2, 0) is 16.1 Å². The minimum atomic E-state index is -0.634. The minimum Gasteiger partial charge on any atom is -0.497 e. The average molecular weight is 408 g/mol. The van der Waals surface area contributed by atoms with Gasteiger partial charge in [0.15, 0.2) is 0 Å². The number of fused-ring (bicyclic) bond motifs is 1. The SMILES string of the molecule is COc1ccc(NC(=O)C[C@@H]2C(=O)Nc3ccccc3N2Cc2cscn2)cc1. The molecule has 0 spiro atoms. The van der Waals surface area contributed by atoms with Gasteiger partial charge in [-0.15, -0.1) is 11.3 Å². The first-order valence-electron chi connectivity index (χ1n) is 9.11. The van der Waals surface area contributed by atoms with Crippen molar-refractivity contribution in [3.05, 3.63) is 65.1 Å². The molecule has 1 aliphatic heterocycles. The number of nitrogens with one attached hydrogen (secondary N) is 2. The van der Waals surface area contributed by atoms with Gasteiger partial charge in [0, 0.05) is 11.1 Å². The molecule has 148 valence electrons. The lowest BCUT2D eigenvalue weighted by molar-refractivity contribution is -0.122. The van der Waals surface area contributed by atoms with Gasteiger partial charge in [-0.3, -0.25) is 9.59 Å². The molecule has 0 bridgehead atoms. The van der Waals surface area contributed by atoms with E-state index in [1.807, 2.05) is 34.5 Å². The Morgan fingerprint density at radius 3 is 2.76 bits per heavy atom. The number of para-hydroxylation sites is 2. The number of benzene rings is 2. The molecule has 2 N–H and O–H groups in total. The van der Waals surface area contributed by atoms with Gasteiger partial charge < -0.3 is 20.3 Å². The van der Waals surface area contributed by atoms with E-state index in [4.69, 9.17) is 4.74 Å². The molecule has 2 heterocycles. The van der Waals surface area contributed by atoms with Crippen LogP contribution in [0.5, 0.6) is 5.75 Å². The molecule has 0 fully saturated rings. The van der Waals surface area contributed by atoms with Crippen LogP contribution < -0.4 is 20.3 Å². The number of amides is 2. The van der Waals surface area contributed by atoms with Crippen molar-refractivity contribution in [3.63, 3.8) is 0 Å². The standard InChI is InChI=1S/C21H20N4O3S/c1-28-16-8-6-14(7-9-16)23-20(26)10-19-21(27)24-17-4-2-3-5-18(17)25(19)11-15-12-29-13-22-15/h2-9,12-13,19H,10-11H2,1H3,(H,23,26)(H,24,27)/t19-/m1/s1. The van der Waals surface area contributed by atoms with Gasteiger partial charge in [-0.1, -0.05) is 12.1 Å². The molecule has 7 nitrogen and oxygen atoms in total. The maximum atomic E-state index is 12.8. The molecule has 3 aromatic rings. The Morgan fingerprint density at radius 1 is 1.24 bits per heavy atom. The first kappa shape index (κ1) is 18.9. The van der Waals surface area contributed by atoms with Gasteiger partial charge in [-0.05, 0) is 36.4 Å². The van der Waals surface area contributed by atoms with Crippen LogP contribution in [0, 0.1) is 0 Å². The number of thiazole rings is 1. The minimum absolute atomic E-state index is 0.0241. The van der Waals surface area contributed by atoms with Gasteiger partial charge in [0.2, 0.25) is 11.8 Å². The van der Waals surface area contributed by atoms with Gasteiger partial charge in [0.1, 0.15) is 11.8 Å². The van der Waals surface area contributed by atoms with Crippen LogP contribution in [-0.4, -0.2) is 29.9 Å². The summed E-state index contributed by atoms with van der Waals surface area (Å²) in [5.74, 6) is 0.266. The highest BCUT2D eigenvalue weighted by Crippen LogP contribution is 2.34. The molecule has 1 atom stereocenters. The van der Waals surface area contributed by atoms with Crippen molar-refractivity contribution in [1.82, 2.24) is 4.98 Å². The predicted octanol–water partition coefficient (Wildman–Crippen LogP) is 3.51. The Bertz CT molecular complexity index is 1010. The molecular formula is C21H20N4O3S. The number of ether oxygens (including phenoxy) is 1. The normalized spacial score (nSPS) is 15.4. The number of anilines is 3. The Hall–Kier alpha value is -3.39. The molecule has 0 saturated heterocycles. The van der Waals surface area contributed by atoms with Crippen molar-refractivity contribution in [3.8, 4) is 5.75 Å². The quantitative estimate of drug-likeness (QED) is 0.652. The van der Waals surface area contributed by atoms with Crippen molar-refractivity contribution in [1.29, 1.82) is 0 Å². The zero-order valence-electron chi connectivity index (χ0n) is 15.8. The smallest absolute Gasteiger partial charge is 0.247 e. The van der Waals surface area contributed by atoms with Gasteiger partial charge >= 0.3 is 0 Å². The molecule has 0 saturated carbocycles. The van der Waals surface area contributed by atoms with Crippen LogP contribution in [0.25, 0.3) is 0 Å². The fraction of sp³-hybridized carbons (Fsp3) is 0.190. The number of carbonyl (C=O) groups is 2. The first-order valence-corrected chi connectivity index (χ1v) is 10.1. The summed E-state index contributed by atoms with van der Waals surface area (Å²) in [6.07, 6.45) is 0.0241. The van der Waals surface area contributed by atoms with E-state index in [-0.39, 0.29) is 18.2 Å². The summed E-state index contributed by atoms with van der Waals surface area (Å²) in [5, 5.41) is 7.71. The van der Waals surface area contributed by atoms with E-state index in [0.29, 0.717) is 18.0 Å². The molecular weight excluding hydrogens is 388 g/mol. The lowest BCUT2D eigenvalue weighted by Crippen LogP contribution is -2.49. The maximum Gasteiger partial charge on any atom is 0.247 e. The van der Waals surface area contributed by atoms with E-state index < -0.39 is 6.04 Å². The summed E-state index contributed by atoms with van der Waals surface area (Å²) in [5.41, 5.74) is 4.89. The number of nitrogens with zero attached hydrogens (tertiary/aromatic N) is 2. The molecule has 1 aliphatic rings. The van der Waals surface area contributed by atoms with Gasteiger partial charge in [0.05, 0.1) is 42.7 Å². The third-order valence-corrected chi connectivity index (χ3v) is 5.35. The van der Waals surface area contributed by atoms with Crippen LogP contribution in [0.3, 0.4) is 0 Å². The summed E-state index contributed by atoms with van der Waals surface area (Å²) >= 11 is 1.50. The summed E-state index contributed by atoms with van der Waals surface area (Å²) in [6.45, 7) is 0.453. The Labute approximate surface area is 172 Å². The van der Waals surface area contributed by atoms with E-state index in [1.54, 1.807) is 36.9 Å². The van der Waals surface area contributed by atoms with Crippen LogP contribution >= 0.6 is 11.3 Å². The Kier molecular flexibility index (Phi) is 5.44. The van der Waals surface area contributed by atoms with Gasteiger partial charge in [0.25, 0.3) is 0 Å². The summed E-state index contributed by atoms with van der Waals surface area (Å²) in [6, 6.07) is 14.0. The van der Waals surface area contributed by atoms with Crippen LogP contribution in [0.1, 0.15) is 12.1 Å².